The first-order valence-electron chi connectivity index (χ1n) is 11.1. The number of sulfonamides is 1. The highest BCUT2D eigenvalue weighted by atomic mass is 32.2. The van der Waals surface area contributed by atoms with E-state index < -0.39 is 15.6 Å². The van der Waals surface area contributed by atoms with E-state index in [4.69, 9.17) is 0 Å². The fourth-order valence-electron chi connectivity index (χ4n) is 5.94. The molecular formula is C22H30N4O4S. The Bertz CT molecular complexity index is 1080. The number of rotatable bonds is 4. The number of aromatic nitrogens is 2. The number of amides is 1. The minimum atomic E-state index is -3.20. The molecule has 31 heavy (non-hydrogen) atoms. The van der Waals surface area contributed by atoms with Crippen molar-refractivity contribution in [2.45, 2.75) is 62.8 Å². The van der Waals surface area contributed by atoms with E-state index in [1.807, 2.05) is 29.4 Å². The fourth-order valence-corrected chi connectivity index (χ4v) is 6.81. The first-order chi connectivity index (χ1) is 14.7. The monoisotopic (exact) mass is 446 g/mol. The van der Waals surface area contributed by atoms with Gasteiger partial charge >= 0.3 is 0 Å². The Labute approximate surface area is 182 Å². The first kappa shape index (κ1) is 20.9. The highest BCUT2D eigenvalue weighted by Crippen LogP contribution is 2.43. The van der Waals surface area contributed by atoms with Crippen LogP contribution in [0.3, 0.4) is 0 Å². The molecule has 3 aliphatic heterocycles. The summed E-state index contributed by atoms with van der Waals surface area (Å²) in [7, 11) is -3.20. The minimum absolute atomic E-state index is 0.0594. The smallest absolute Gasteiger partial charge is 0.226 e. The number of carbonyl (C=O) groups excluding carboxylic acids is 1. The molecule has 3 saturated heterocycles. The molecule has 0 aromatic carbocycles. The van der Waals surface area contributed by atoms with Crippen LogP contribution in [0.15, 0.2) is 30.7 Å². The lowest BCUT2D eigenvalue weighted by atomic mass is 9.84. The average molecular weight is 447 g/mol. The minimum Gasteiger partial charge on any atom is -0.388 e. The molecule has 0 aliphatic carbocycles. The molecular weight excluding hydrogens is 416 g/mol. The molecule has 0 saturated carbocycles. The van der Waals surface area contributed by atoms with Crippen LogP contribution in [0.1, 0.15) is 38.5 Å². The predicted molar refractivity (Wildman–Crippen MR) is 117 cm³/mol. The van der Waals surface area contributed by atoms with Crippen molar-refractivity contribution in [1.29, 1.82) is 0 Å². The van der Waals surface area contributed by atoms with Gasteiger partial charge in [0.25, 0.3) is 0 Å². The third kappa shape index (κ3) is 3.87. The molecule has 5 heterocycles. The second kappa shape index (κ2) is 7.56. The zero-order chi connectivity index (χ0) is 21.8. The van der Waals surface area contributed by atoms with Crippen molar-refractivity contribution in [3.63, 3.8) is 0 Å². The number of aliphatic hydroxyl groups is 1. The Hall–Kier alpha value is -1.97. The van der Waals surface area contributed by atoms with Crippen molar-refractivity contribution in [3.8, 4) is 0 Å². The number of pyridine rings is 1. The zero-order valence-corrected chi connectivity index (χ0v) is 18.7. The topological polar surface area (TPSA) is 95.7 Å². The summed E-state index contributed by atoms with van der Waals surface area (Å²) in [5.41, 5.74) is 0.170. The SMILES string of the molecule is CS(=O)(=O)N1CCC(C(=O)N2[C@H]3CC[C@H]2CC(O)(Cn2ccc4ccncc42)C3)CC1. The van der Waals surface area contributed by atoms with Gasteiger partial charge < -0.3 is 14.6 Å². The molecule has 168 valence electrons. The van der Waals surface area contributed by atoms with Gasteiger partial charge in [0.05, 0.1) is 30.1 Å². The standard InChI is InChI=1S/C22H30N4O4S/c1-31(29,30)25-10-6-17(7-11-25)21(27)26-18-2-3-19(26)13-22(28,12-18)15-24-9-5-16-4-8-23-14-20(16)24/h4-5,8-9,14,17-19,28H,2-3,6-7,10-13,15H2,1H3/t18-,19-/m0/s1. The Balaban J connectivity index is 1.27. The summed E-state index contributed by atoms with van der Waals surface area (Å²) in [6.07, 6.45) is 11.0. The van der Waals surface area contributed by atoms with E-state index in [0.717, 1.165) is 23.7 Å². The van der Waals surface area contributed by atoms with Gasteiger partial charge in [-0.3, -0.25) is 9.78 Å². The van der Waals surface area contributed by atoms with Gasteiger partial charge in [-0.25, -0.2) is 12.7 Å². The molecule has 0 unspecified atom stereocenters. The van der Waals surface area contributed by atoms with Crippen molar-refractivity contribution in [3.05, 3.63) is 30.7 Å². The number of fused-ring (bicyclic) bond motifs is 3. The van der Waals surface area contributed by atoms with E-state index in [2.05, 4.69) is 9.55 Å². The predicted octanol–water partition coefficient (Wildman–Crippen LogP) is 1.59. The molecule has 2 aromatic rings. The Kier molecular flexibility index (Phi) is 5.10. The maximum absolute atomic E-state index is 13.3. The van der Waals surface area contributed by atoms with Crippen molar-refractivity contribution in [1.82, 2.24) is 18.8 Å². The summed E-state index contributed by atoms with van der Waals surface area (Å²) in [6.45, 7) is 1.33. The maximum Gasteiger partial charge on any atom is 0.226 e. The van der Waals surface area contributed by atoms with Crippen molar-refractivity contribution >= 4 is 26.8 Å². The summed E-state index contributed by atoms with van der Waals surface area (Å²) in [6, 6.07) is 4.13. The second-order valence-electron chi connectivity index (χ2n) is 9.58. The van der Waals surface area contributed by atoms with Crippen LogP contribution < -0.4 is 0 Å². The third-order valence-corrected chi connectivity index (χ3v) is 8.72. The highest BCUT2D eigenvalue weighted by molar-refractivity contribution is 7.88. The molecule has 2 bridgehead atoms. The summed E-state index contributed by atoms with van der Waals surface area (Å²) in [5, 5.41) is 12.6. The van der Waals surface area contributed by atoms with Crippen molar-refractivity contribution in [2.24, 2.45) is 5.92 Å². The van der Waals surface area contributed by atoms with Gasteiger partial charge in [-0.15, -0.1) is 0 Å². The van der Waals surface area contributed by atoms with Gasteiger partial charge in [-0.1, -0.05) is 0 Å². The molecule has 9 heteroatoms. The molecule has 1 amide bonds. The zero-order valence-electron chi connectivity index (χ0n) is 17.9. The molecule has 2 aromatic heterocycles. The van der Waals surface area contributed by atoms with Gasteiger partial charge in [-0.2, -0.15) is 0 Å². The molecule has 5 rings (SSSR count). The molecule has 2 atom stereocenters. The highest BCUT2D eigenvalue weighted by Gasteiger charge is 2.50. The Morgan fingerprint density at radius 3 is 2.48 bits per heavy atom. The first-order valence-corrected chi connectivity index (χ1v) is 13.0. The van der Waals surface area contributed by atoms with Crippen LogP contribution in [0, 0.1) is 5.92 Å². The maximum atomic E-state index is 13.3. The number of hydrogen-bond acceptors (Lipinski definition) is 5. The summed E-state index contributed by atoms with van der Waals surface area (Å²) >= 11 is 0. The van der Waals surface area contributed by atoms with Crippen LogP contribution in [0.4, 0.5) is 0 Å². The third-order valence-electron chi connectivity index (χ3n) is 7.42. The lowest BCUT2D eigenvalue weighted by Crippen LogP contribution is -2.56. The molecule has 3 aliphatic rings. The number of hydrogen-bond donors (Lipinski definition) is 1. The largest absolute Gasteiger partial charge is 0.388 e. The Morgan fingerprint density at radius 2 is 1.84 bits per heavy atom. The fraction of sp³-hybridized carbons (Fsp3) is 0.636. The van der Waals surface area contributed by atoms with Crippen LogP contribution in [-0.2, 0) is 21.4 Å². The van der Waals surface area contributed by atoms with E-state index in [-0.39, 0.29) is 23.9 Å². The lowest BCUT2D eigenvalue weighted by molar-refractivity contribution is -0.147. The molecule has 3 fully saturated rings. The number of piperidine rings is 2. The van der Waals surface area contributed by atoms with Crippen molar-refractivity contribution in [2.75, 3.05) is 19.3 Å². The molecule has 0 spiro atoms. The van der Waals surface area contributed by atoms with E-state index in [1.54, 1.807) is 6.20 Å². The van der Waals surface area contributed by atoms with Crippen LogP contribution >= 0.6 is 0 Å². The summed E-state index contributed by atoms with van der Waals surface area (Å²) in [4.78, 5) is 19.6. The second-order valence-corrected chi connectivity index (χ2v) is 11.6. The van der Waals surface area contributed by atoms with Crippen LogP contribution in [0.5, 0.6) is 0 Å². The van der Waals surface area contributed by atoms with Crippen LogP contribution in [-0.4, -0.2) is 75.2 Å². The van der Waals surface area contributed by atoms with Gasteiger partial charge in [0.15, 0.2) is 0 Å². The van der Waals surface area contributed by atoms with Crippen LogP contribution in [0.2, 0.25) is 0 Å². The van der Waals surface area contributed by atoms with Gasteiger partial charge in [0.2, 0.25) is 15.9 Å². The van der Waals surface area contributed by atoms with Gasteiger partial charge in [-0.05, 0) is 50.7 Å². The van der Waals surface area contributed by atoms with Gasteiger partial charge in [0, 0.05) is 48.9 Å². The average Bonchev–Trinajstić information content (AvgIpc) is 3.26. The molecule has 8 nitrogen and oxygen atoms in total. The Morgan fingerprint density at radius 1 is 1.16 bits per heavy atom. The van der Waals surface area contributed by atoms with Gasteiger partial charge in [0.1, 0.15) is 0 Å². The lowest BCUT2D eigenvalue weighted by Gasteiger charge is -2.45. The molecule has 1 N–H and O–H groups in total. The van der Waals surface area contributed by atoms with E-state index in [0.29, 0.717) is 45.3 Å². The van der Waals surface area contributed by atoms with E-state index >= 15 is 0 Å². The number of nitrogens with zero attached hydrogens (tertiary/aromatic N) is 4. The van der Waals surface area contributed by atoms with Crippen molar-refractivity contribution < 1.29 is 18.3 Å². The quantitative estimate of drug-likeness (QED) is 0.770. The van der Waals surface area contributed by atoms with Crippen LogP contribution in [0.25, 0.3) is 10.9 Å². The van der Waals surface area contributed by atoms with E-state index in [9.17, 15) is 18.3 Å². The summed E-state index contributed by atoms with van der Waals surface area (Å²) in [5.74, 6) is 0.0325. The number of carbonyl (C=O) groups is 1. The normalized spacial score (nSPS) is 30.2. The summed E-state index contributed by atoms with van der Waals surface area (Å²) < 4.78 is 27.1. The molecule has 0 radical (unpaired) electrons. The van der Waals surface area contributed by atoms with E-state index in [1.165, 1.54) is 10.6 Å².